The van der Waals surface area contributed by atoms with Crippen LogP contribution in [0.25, 0.3) is 0 Å². The Labute approximate surface area is 146 Å². The van der Waals surface area contributed by atoms with Gasteiger partial charge in [0, 0.05) is 11.4 Å². The van der Waals surface area contributed by atoms with E-state index in [1.54, 1.807) is 30.3 Å². The molecule has 0 aliphatic rings. The number of carbonyl (C=O) groups is 2. The molecule has 0 bridgehead atoms. The molecule has 0 aliphatic heterocycles. The summed E-state index contributed by atoms with van der Waals surface area (Å²) in [5.74, 6) is -0.422. The second-order valence-electron chi connectivity index (χ2n) is 5.44. The van der Waals surface area contributed by atoms with Crippen molar-refractivity contribution in [3.05, 3.63) is 63.9 Å². The summed E-state index contributed by atoms with van der Waals surface area (Å²) < 4.78 is 0. The molecule has 2 rings (SSSR count). The molecule has 0 atom stereocenters. The van der Waals surface area contributed by atoms with E-state index in [1.165, 1.54) is 21.8 Å². The second kappa shape index (κ2) is 8.45. The number of anilines is 1. The number of para-hydroxylation sites is 1. The minimum atomic E-state index is -0.236. The molecule has 0 fully saturated rings. The highest BCUT2D eigenvalue weighted by atomic mass is 32.1. The summed E-state index contributed by atoms with van der Waals surface area (Å²) in [6, 6.07) is 8.93. The van der Waals surface area contributed by atoms with Crippen LogP contribution >= 0.6 is 11.3 Å². The van der Waals surface area contributed by atoms with Gasteiger partial charge in [-0.2, -0.15) is 0 Å². The molecule has 126 valence electrons. The summed E-state index contributed by atoms with van der Waals surface area (Å²) in [7, 11) is 0. The van der Waals surface area contributed by atoms with E-state index in [4.69, 9.17) is 0 Å². The predicted octanol–water partition coefficient (Wildman–Crippen LogP) is 4.18. The fourth-order valence-electron chi connectivity index (χ4n) is 2.38. The van der Waals surface area contributed by atoms with Crippen molar-refractivity contribution in [2.75, 3.05) is 11.9 Å². The lowest BCUT2D eigenvalue weighted by molar-refractivity contribution is 0.0959. The molecule has 0 saturated carbocycles. The molecule has 4 nitrogen and oxygen atoms in total. The molecule has 2 N–H and O–H groups in total. The van der Waals surface area contributed by atoms with Crippen molar-refractivity contribution in [2.45, 2.75) is 26.7 Å². The Morgan fingerprint density at radius 3 is 2.71 bits per heavy atom. The maximum absolute atomic E-state index is 12.5. The minimum absolute atomic E-state index is 0.186. The van der Waals surface area contributed by atoms with E-state index in [-0.39, 0.29) is 11.8 Å². The summed E-state index contributed by atoms with van der Waals surface area (Å²) in [6.45, 7) is 8.11. The van der Waals surface area contributed by atoms with Crippen molar-refractivity contribution < 1.29 is 9.59 Å². The van der Waals surface area contributed by atoms with Crippen LogP contribution in [0.4, 0.5) is 5.69 Å². The van der Waals surface area contributed by atoms with Gasteiger partial charge in [0.05, 0.1) is 16.1 Å². The lowest BCUT2D eigenvalue weighted by Gasteiger charge is -2.10. The second-order valence-corrected chi connectivity index (χ2v) is 6.70. The van der Waals surface area contributed by atoms with Crippen LogP contribution in [0.5, 0.6) is 0 Å². The Morgan fingerprint density at radius 1 is 1.25 bits per heavy atom. The third-order valence-electron chi connectivity index (χ3n) is 3.59. The number of hydrogen-bond donors (Lipinski definition) is 2. The highest BCUT2D eigenvalue weighted by molar-refractivity contribution is 7.14. The van der Waals surface area contributed by atoms with Crippen LogP contribution < -0.4 is 10.6 Å². The molecule has 2 aromatic rings. The monoisotopic (exact) mass is 342 g/mol. The summed E-state index contributed by atoms with van der Waals surface area (Å²) in [4.78, 5) is 26.5. The molecule has 1 aromatic heterocycles. The Kier molecular flexibility index (Phi) is 6.32. The number of nitrogens with one attached hydrogen (secondary N) is 2. The van der Waals surface area contributed by atoms with Crippen LogP contribution in [0.15, 0.2) is 43.0 Å². The first-order valence-electron chi connectivity index (χ1n) is 7.95. The molecule has 24 heavy (non-hydrogen) atoms. The van der Waals surface area contributed by atoms with Gasteiger partial charge in [-0.15, -0.1) is 17.9 Å². The standard InChI is InChI=1S/C19H22N2O2S/c1-4-8-14-12-17(24-13(14)3)19(23)21-16-10-7-6-9-15(16)18(22)20-11-5-2/h5-7,9-10,12H,2,4,8,11H2,1,3H3,(H,20,22)(H,21,23). The zero-order chi connectivity index (χ0) is 17.5. The average molecular weight is 342 g/mol. The lowest BCUT2D eigenvalue weighted by atomic mass is 10.1. The number of hydrogen-bond acceptors (Lipinski definition) is 3. The molecule has 2 amide bonds. The van der Waals surface area contributed by atoms with Crippen LogP contribution in [0.2, 0.25) is 0 Å². The fraction of sp³-hybridized carbons (Fsp3) is 0.263. The third-order valence-corrected chi connectivity index (χ3v) is 4.68. The molecule has 5 heteroatoms. The van der Waals surface area contributed by atoms with Crippen LogP contribution in [0, 0.1) is 6.92 Å². The zero-order valence-corrected chi connectivity index (χ0v) is 14.8. The first-order valence-corrected chi connectivity index (χ1v) is 8.77. The van der Waals surface area contributed by atoms with Crippen LogP contribution in [0.3, 0.4) is 0 Å². The van der Waals surface area contributed by atoms with Gasteiger partial charge in [0.25, 0.3) is 11.8 Å². The van der Waals surface area contributed by atoms with Gasteiger partial charge < -0.3 is 10.6 Å². The van der Waals surface area contributed by atoms with Crippen molar-refractivity contribution in [3.8, 4) is 0 Å². The normalized spacial score (nSPS) is 10.2. The summed E-state index contributed by atoms with van der Waals surface area (Å²) in [5, 5.41) is 5.58. The largest absolute Gasteiger partial charge is 0.349 e. The smallest absolute Gasteiger partial charge is 0.265 e. The Bertz CT molecular complexity index is 750. The Balaban J connectivity index is 2.18. The van der Waals surface area contributed by atoms with E-state index < -0.39 is 0 Å². The number of thiophene rings is 1. The Hall–Kier alpha value is -2.40. The van der Waals surface area contributed by atoms with Gasteiger partial charge in [0.2, 0.25) is 0 Å². The lowest BCUT2D eigenvalue weighted by Crippen LogP contribution is -2.25. The van der Waals surface area contributed by atoms with E-state index in [1.807, 2.05) is 13.0 Å². The zero-order valence-electron chi connectivity index (χ0n) is 14.0. The molecule has 1 heterocycles. The Morgan fingerprint density at radius 2 is 2.00 bits per heavy atom. The molecule has 0 radical (unpaired) electrons. The van der Waals surface area contributed by atoms with Crippen molar-refractivity contribution in [1.82, 2.24) is 5.32 Å². The molecule has 1 aromatic carbocycles. The van der Waals surface area contributed by atoms with Crippen molar-refractivity contribution >= 4 is 28.8 Å². The van der Waals surface area contributed by atoms with Gasteiger partial charge in [-0.05, 0) is 37.1 Å². The maximum atomic E-state index is 12.5. The van der Waals surface area contributed by atoms with E-state index in [0.29, 0.717) is 22.7 Å². The fourth-order valence-corrected chi connectivity index (χ4v) is 3.35. The SMILES string of the molecule is C=CCNC(=O)c1ccccc1NC(=O)c1cc(CCC)c(C)s1. The first-order chi connectivity index (χ1) is 11.6. The van der Waals surface area contributed by atoms with Crippen molar-refractivity contribution in [1.29, 1.82) is 0 Å². The summed E-state index contributed by atoms with van der Waals surface area (Å²) in [6.07, 6.45) is 3.63. The minimum Gasteiger partial charge on any atom is -0.349 e. The quantitative estimate of drug-likeness (QED) is 0.742. The summed E-state index contributed by atoms with van der Waals surface area (Å²) >= 11 is 1.48. The van der Waals surface area contributed by atoms with E-state index in [0.717, 1.165) is 12.8 Å². The van der Waals surface area contributed by atoms with E-state index in [2.05, 4.69) is 24.1 Å². The third kappa shape index (κ3) is 4.32. The van der Waals surface area contributed by atoms with Gasteiger partial charge in [-0.25, -0.2) is 0 Å². The average Bonchev–Trinajstić information content (AvgIpc) is 2.94. The van der Waals surface area contributed by atoms with Crippen LogP contribution in [0.1, 0.15) is 43.8 Å². The topological polar surface area (TPSA) is 58.2 Å². The number of rotatable bonds is 7. The van der Waals surface area contributed by atoms with Gasteiger partial charge in [0.1, 0.15) is 0 Å². The first kappa shape index (κ1) is 17.9. The maximum Gasteiger partial charge on any atom is 0.265 e. The highest BCUT2D eigenvalue weighted by Crippen LogP contribution is 2.24. The van der Waals surface area contributed by atoms with Crippen LogP contribution in [-0.2, 0) is 6.42 Å². The van der Waals surface area contributed by atoms with Crippen molar-refractivity contribution in [2.24, 2.45) is 0 Å². The van der Waals surface area contributed by atoms with Gasteiger partial charge in [0.15, 0.2) is 0 Å². The molecule has 0 unspecified atom stereocenters. The van der Waals surface area contributed by atoms with Gasteiger partial charge in [-0.3, -0.25) is 9.59 Å². The number of carbonyl (C=O) groups excluding carboxylic acids is 2. The number of aryl methyl sites for hydroxylation is 2. The molecule has 0 aliphatic carbocycles. The van der Waals surface area contributed by atoms with Crippen LogP contribution in [-0.4, -0.2) is 18.4 Å². The van der Waals surface area contributed by atoms with E-state index in [9.17, 15) is 9.59 Å². The predicted molar refractivity (Wildman–Crippen MR) is 100.0 cm³/mol. The highest BCUT2D eigenvalue weighted by Gasteiger charge is 2.16. The molecular weight excluding hydrogens is 320 g/mol. The van der Waals surface area contributed by atoms with E-state index >= 15 is 0 Å². The molecular formula is C19H22N2O2S. The number of amides is 2. The van der Waals surface area contributed by atoms with Crippen molar-refractivity contribution in [3.63, 3.8) is 0 Å². The molecule has 0 spiro atoms. The van der Waals surface area contributed by atoms with Gasteiger partial charge in [-0.1, -0.05) is 31.6 Å². The number of benzene rings is 1. The summed E-state index contributed by atoms with van der Waals surface area (Å²) in [5.41, 5.74) is 2.16. The molecule has 0 saturated heterocycles. The van der Waals surface area contributed by atoms with Gasteiger partial charge >= 0.3 is 0 Å².